The summed E-state index contributed by atoms with van der Waals surface area (Å²) >= 11 is 1.35. The number of carbonyl (C=O) groups excluding carboxylic acids is 1. The van der Waals surface area contributed by atoms with Crippen molar-refractivity contribution in [3.8, 4) is 0 Å². The first kappa shape index (κ1) is 15.0. The third-order valence-corrected chi connectivity index (χ3v) is 3.84. The first-order chi connectivity index (χ1) is 8.36. The summed E-state index contributed by atoms with van der Waals surface area (Å²) in [5.74, 6) is -0.0847. The van der Waals surface area contributed by atoms with Crippen LogP contribution in [-0.2, 0) is 4.79 Å². The molecule has 1 aromatic carbocycles. The molecule has 0 spiro atoms. The highest BCUT2D eigenvalue weighted by molar-refractivity contribution is 8.00. The lowest BCUT2D eigenvalue weighted by atomic mass is 10.1. The van der Waals surface area contributed by atoms with Gasteiger partial charge in [-0.3, -0.25) is 4.79 Å². The highest BCUT2D eigenvalue weighted by atomic mass is 32.2. The number of likely N-dealkylation sites (N-methyl/N-ethyl adjacent to an activating group) is 1. The van der Waals surface area contributed by atoms with Gasteiger partial charge in [0.25, 0.3) is 0 Å². The number of aliphatic hydroxyl groups excluding tert-OH is 1. The lowest BCUT2D eigenvalue weighted by Crippen LogP contribution is -2.48. The number of thioether (sulfide) groups is 1. The maximum atomic E-state index is 12.7. The van der Waals surface area contributed by atoms with Crippen molar-refractivity contribution in [2.45, 2.75) is 24.3 Å². The van der Waals surface area contributed by atoms with Crippen molar-refractivity contribution in [1.29, 1.82) is 0 Å². The van der Waals surface area contributed by atoms with E-state index < -0.39 is 5.54 Å². The summed E-state index contributed by atoms with van der Waals surface area (Å²) in [6.07, 6.45) is 0. The van der Waals surface area contributed by atoms with Crippen LogP contribution < -0.4 is 0 Å². The Labute approximate surface area is 111 Å². The second-order valence-corrected chi connectivity index (χ2v) is 5.71. The van der Waals surface area contributed by atoms with E-state index in [1.165, 1.54) is 28.8 Å². The van der Waals surface area contributed by atoms with Crippen LogP contribution in [0.25, 0.3) is 0 Å². The van der Waals surface area contributed by atoms with E-state index in [1.807, 2.05) is 0 Å². The van der Waals surface area contributed by atoms with Crippen molar-refractivity contribution in [1.82, 2.24) is 4.90 Å². The molecule has 0 heterocycles. The number of rotatable bonds is 5. The molecule has 1 rings (SSSR count). The number of nitrogens with zero attached hydrogens (tertiary/aromatic N) is 1. The lowest BCUT2D eigenvalue weighted by molar-refractivity contribution is -0.133. The van der Waals surface area contributed by atoms with Crippen molar-refractivity contribution in [2.24, 2.45) is 0 Å². The molecule has 0 atom stereocenters. The molecule has 1 amide bonds. The minimum Gasteiger partial charge on any atom is -0.394 e. The Bertz CT molecular complexity index is 406. The van der Waals surface area contributed by atoms with Gasteiger partial charge in [0, 0.05) is 11.9 Å². The van der Waals surface area contributed by atoms with Gasteiger partial charge in [0.05, 0.1) is 17.9 Å². The van der Waals surface area contributed by atoms with Gasteiger partial charge >= 0.3 is 0 Å². The first-order valence-corrected chi connectivity index (χ1v) is 6.61. The fourth-order valence-electron chi connectivity index (χ4n) is 1.22. The molecule has 0 unspecified atom stereocenters. The van der Waals surface area contributed by atoms with Crippen LogP contribution in [0.4, 0.5) is 4.39 Å². The summed E-state index contributed by atoms with van der Waals surface area (Å²) in [7, 11) is 1.67. The van der Waals surface area contributed by atoms with Gasteiger partial charge in [-0.1, -0.05) is 0 Å². The molecule has 1 N–H and O–H groups in total. The summed E-state index contributed by atoms with van der Waals surface area (Å²) in [6, 6.07) is 6.03. The summed E-state index contributed by atoms with van der Waals surface area (Å²) in [5, 5.41) is 9.19. The number of halogens is 1. The fraction of sp³-hybridized carbons (Fsp3) is 0.462. The summed E-state index contributed by atoms with van der Waals surface area (Å²) in [4.78, 5) is 14.3. The standard InChI is InChI=1S/C13H18FNO2S/c1-13(2,9-16)15(3)12(17)8-18-11-6-4-10(14)5-7-11/h4-7,16H,8-9H2,1-3H3. The van der Waals surface area contributed by atoms with Crippen LogP contribution in [0.3, 0.4) is 0 Å². The van der Waals surface area contributed by atoms with E-state index in [4.69, 9.17) is 0 Å². The Hall–Kier alpha value is -1.07. The molecular weight excluding hydrogens is 253 g/mol. The summed E-state index contributed by atoms with van der Waals surface area (Å²) in [5.41, 5.74) is -0.569. The van der Waals surface area contributed by atoms with E-state index in [2.05, 4.69) is 0 Å². The van der Waals surface area contributed by atoms with Crippen molar-refractivity contribution < 1.29 is 14.3 Å². The zero-order chi connectivity index (χ0) is 13.8. The van der Waals surface area contributed by atoms with Crippen LogP contribution in [0.1, 0.15) is 13.8 Å². The lowest BCUT2D eigenvalue weighted by Gasteiger charge is -2.33. The molecular formula is C13H18FNO2S. The van der Waals surface area contributed by atoms with Crippen LogP contribution in [0.2, 0.25) is 0 Å². The van der Waals surface area contributed by atoms with E-state index in [-0.39, 0.29) is 24.1 Å². The van der Waals surface area contributed by atoms with Crippen molar-refractivity contribution in [3.63, 3.8) is 0 Å². The molecule has 0 aliphatic carbocycles. The molecule has 0 aliphatic heterocycles. The predicted molar refractivity (Wildman–Crippen MR) is 71.1 cm³/mol. The van der Waals surface area contributed by atoms with E-state index in [0.29, 0.717) is 0 Å². The zero-order valence-electron chi connectivity index (χ0n) is 10.8. The maximum absolute atomic E-state index is 12.7. The quantitative estimate of drug-likeness (QED) is 0.834. The minimum atomic E-state index is -0.569. The van der Waals surface area contributed by atoms with Crippen LogP contribution in [0, 0.1) is 5.82 Å². The monoisotopic (exact) mass is 271 g/mol. The number of hydrogen-bond donors (Lipinski definition) is 1. The number of amides is 1. The molecule has 0 aromatic heterocycles. The first-order valence-electron chi connectivity index (χ1n) is 5.63. The Balaban J connectivity index is 2.53. The molecule has 3 nitrogen and oxygen atoms in total. The van der Waals surface area contributed by atoms with Gasteiger partial charge in [0.15, 0.2) is 0 Å². The number of aliphatic hydroxyl groups is 1. The van der Waals surface area contributed by atoms with E-state index in [0.717, 1.165) is 4.90 Å². The van der Waals surface area contributed by atoms with Gasteiger partial charge in [0.2, 0.25) is 5.91 Å². The molecule has 0 fully saturated rings. The maximum Gasteiger partial charge on any atom is 0.233 e. The van der Waals surface area contributed by atoms with Gasteiger partial charge in [0.1, 0.15) is 5.82 Å². The average Bonchev–Trinajstić information content (AvgIpc) is 2.36. The Morgan fingerprint density at radius 2 is 1.94 bits per heavy atom. The predicted octanol–water partition coefficient (Wildman–Crippen LogP) is 2.15. The topological polar surface area (TPSA) is 40.5 Å². The fourth-order valence-corrected chi connectivity index (χ4v) is 2.03. The van der Waals surface area contributed by atoms with Gasteiger partial charge < -0.3 is 10.0 Å². The molecule has 1 aromatic rings. The minimum absolute atomic E-state index is 0.0663. The second-order valence-electron chi connectivity index (χ2n) is 4.67. The van der Waals surface area contributed by atoms with E-state index in [9.17, 15) is 14.3 Å². The zero-order valence-corrected chi connectivity index (χ0v) is 11.6. The average molecular weight is 271 g/mol. The molecule has 0 aliphatic rings. The summed E-state index contributed by atoms with van der Waals surface area (Å²) < 4.78 is 12.7. The SMILES string of the molecule is CN(C(=O)CSc1ccc(F)cc1)C(C)(C)CO. The van der Waals surface area contributed by atoms with Gasteiger partial charge in [-0.25, -0.2) is 4.39 Å². The van der Waals surface area contributed by atoms with Crippen molar-refractivity contribution >= 4 is 17.7 Å². The number of benzene rings is 1. The molecule has 0 radical (unpaired) electrons. The molecule has 5 heteroatoms. The number of carbonyl (C=O) groups is 1. The number of hydrogen-bond acceptors (Lipinski definition) is 3. The van der Waals surface area contributed by atoms with Crippen molar-refractivity contribution in [2.75, 3.05) is 19.4 Å². The summed E-state index contributed by atoms with van der Waals surface area (Å²) in [6.45, 7) is 3.51. The van der Waals surface area contributed by atoms with Gasteiger partial charge in [-0.2, -0.15) is 0 Å². The Morgan fingerprint density at radius 1 is 1.39 bits per heavy atom. The third kappa shape index (κ3) is 3.99. The second kappa shape index (κ2) is 6.20. The Kier molecular flexibility index (Phi) is 5.16. The van der Waals surface area contributed by atoms with Crippen LogP contribution in [0.5, 0.6) is 0 Å². The third-order valence-electron chi connectivity index (χ3n) is 2.84. The normalized spacial score (nSPS) is 11.4. The van der Waals surface area contributed by atoms with Gasteiger partial charge in [-0.05, 0) is 38.1 Å². The smallest absolute Gasteiger partial charge is 0.233 e. The molecule has 18 heavy (non-hydrogen) atoms. The van der Waals surface area contributed by atoms with Crippen LogP contribution in [-0.4, -0.2) is 40.9 Å². The largest absolute Gasteiger partial charge is 0.394 e. The highest BCUT2D eigenvalue weighted by Gasteiger charge is 2.26. The molecule has 100 valence electrons. The molecule has 0 saturated heterocycles. The van der Waals surface area contributed by atoms with Crippen molar-refractivity contribution in [3.05, 3.63) is 30.1 Å². The van der Waals surface area contributed by atoms with Crippen LogP contribution in [0.15, 0.2) is 29.2 Å². The highest BCUT2D eigenvalue weighted by Crippen LogP contribution is 2.20. The molecule has 0 saturated carbocycles. The van der Waals surface area contributed by atoms with E-state index in [1.54, 1.807) is 33.0 Å². The van der Waals surface area contributed by atoms with Crippen LogP contribution >= 0.6 is 11.8 Å². The Morgan fingerprint density at radius 3 is 2.44 bits per heavy atom. The molecule has 0 bridgehead atoms. The van der Waals surface area contributed by atoms with E-state index >= 15 is 0 Å². The van der Waals surface area contributed by atoms with Gasteiger partial charge in [-0.15, -0.1) is 11.8 Å².